The van der Waals surface area contributed by atoms with Gasteiger partial charge in [-0.25, -0.2) is 0 Å². The van der Waals surface area contributed by atoms with Crippen molar-refractivity contribution >= 4 is 29.3 Å². The second kappa shape index (κ2) is 6.40. The van der Waals surface area contributed by atoms with Crippen LogP contribution < -0.4 is 5.32 Å². The zero-order valence-corrected chi connectivity index (χ0v) is 14.2. The van der Waals surface area contributed by atoms with E-state index in [0.29, 0.717) is 22.7 Å². The standard InChI is InChI=1S/C18H18ClNO4/c1-9-7-13-16(17(22)15(9)18(23)24-2)12(8-14(21)20-13)10-3-5-11(19)6-4-10/h3-6,9,12,15H,7-8H2,1-2H3,(H,20,21)/t9-,12-,15-/m1/s1. The number of nitrogens with one attached hydrogen (secondary N) is 1. The van der Waals surface area contributed by atoms with E-state index in [1.54, 1.807) is 12.1 Å². The second-order valence-corrected chi connectivity index (χ2v) is 6.73. The number of rotatable bonds is 2. The normalized spacial score (nSPS) is 26.7. The topological polar surface area (TPSA) is 72.5 Å². The van der Waals surface area contributed by atoms with Gasteiger partial charge in [0.05, 0.1) is 7.11 Å². The molecule has 0 fully saturated rings. The van der Waals surface area contributed by atoms with Gasteiger partial charge in [0.2, 0.25) is 5.91 Å². The highest BCUT2D eigenvalue weighted by Gasteiger charge is 2.45. The molecule has 0 saturated carbocycles. The number of esters is 1. The highest BCUT2D eigenvalue weighted by Crippen LogP contribution is 2.42. The summed E-state index contributed by atoms with van der Waals surface area (Å²) >= 11 is 5.93. The number of ether oxygens (including phenoxy) is 1. The molecule has 1 amide bonds. The van der Waals surface area contributed by atoms with Gasteiger partial charge in [0.1, 0.15) is 5.92 Å². The lowest BCUT2D eigenvalue weighted by Gasteiger charge is -2.36. The maximum Gasteiger partial charge on any atom is 0.316 e. The lowest BCUT2D eigenvalue weighted by atomic mass is 9.70. The molecule has 1 aliphatic heterocycles. The van der Waals surface area contributed by atoms with Gasteiger partial charge in [-0.05, 0) is 30.0 Å². The fourth-order valence-corrected chi connectivity index (χ4v) is 3.70. The van der Waals surface area contributed by atoms with E-state index in [1.165, 1.54) is 7.11 Å². The first-order chi connectivity index (χ1) is 11.4. The molecule has 0 aromatic heterocycles. The van der Waals surface area contributed by atoms with E-state index in [9.17, 15) is 14.4 Å². The fraction of sp³-hybridized carbons (Fsp3) is 0.389. The SMILES string of the molecule is COC(=O)[C@H]1C(=O)C2=C(C[C@H]1C)NC(=O)C[C@@H]2c1ccc(Cl)cc1. The maximum absolute atomic E-state index is 13.0. The van der Waals surface area contributed by atoms with Gasteiger partial charge in [-0.3, -0.25) is 14.4 Å². The van der Waals surface area contributed by atoms with E-state index in [2.05, 4.69) is 5.32 Å². The van der Waals surface area contributed by atoms with Crippen LogP contribution in [-0.4, -0.2) is 24.8 Å². The average Bonchev–Trinajstić information content (AvgIpc) is 2.54. The molecule has 0 unspecified atom stereocenters. The first kappa shape index (κ1) is 16.7. The van der Waals surface area contributed by atoms with E-state index in [1.807, 2.05) is 19.1 Å². The smallest absolute Gasteiger partial charge is 0.316 e. The van der Waals surface area contributed by atoms with Crippen molar-refractivity contribution < 1.29 is 19.1 Å². The Balaban J connectivity index is 2.06. The van der Waals surface area contributed by atoms with Crippen LogP contribution in [0.5, 0.6) is 0 Å². The van der Waals surface area contributed by atoms with Crippen LogP contribution in [0.4, 0.5) is 0 Å². The Morgan fingerprint density at radius 1 is 1.21 bits per heavy atom. The summed E-state index contributed by atoms with van der Waals surface area (Å²) in [6, 6.07) is 7.10. The summed E-state index contributed by atoms with van der Waals surface area (Å²) in [4.78, 5) is 37.1. The molecule has 3 atom stereocenters. The molecule has 126 valence electrons. The minimum atomic E-state index is -0.821. The first-order valence-electron chi connectivity index (χ1n) is 7.82. The molecular formula is C18H18ClNO4. The lowest BCUT2D eigenvalue weighted by molar-refractivity contribution is -0.151. The summed E-state index contributed by atoms with van der Waals surface area (Å²) in [7, 11) is 1.28. The van der Waals surface area contributed by atoms with Gasteiger partial charge in [-0.2, -0.15) is 0 Å². The molecular weight excluding hydrogens is 330 g/mol. The Kier molecular flexibility index (Phi) is 4.45. The zero-order valence-electron chi connectivity index (χ0n) is 13.5. The van der Waals surface area contributed by atoms with Crippen molar-refractivity contribution in [1.29, 1.82) is 0 Å². The highest BCUT2D eigenvalue weighted by molar-refractivity contribution is 6.30. The minimum absolute atomic E-state index is 0.120. The van der Waals surface area contributed by atoms with Crippen molar-refractivity contribution in [1.82, 2.24) is 5.32 Å². The van der Waals surface area contributed by atoms with E-state index in [0.717, 1.165) is 5.56 Å². The highest BCUT2D eigenvalue weighted by atomic mass is 35.5. The number of carbonyl (C=O) groups excluding carboxylic acids is 3. The van der Waals surface area contributed by atoms with E-state index in [4.69, 9.17) is 16.3 Å². The predicted molar refractivity (Wildman–Crippen MR) is 88.3 cm³/mol. The molecule has 3 rings (SSSR count). The van der Waals surface area contributed by atoms with Gasteiger partial charge in [0.25, 0.3) is 0 Å². The Bertz CT molecular complexity index is 738. The number of benzene rings is 1. The van der Waals surface area contributed by atoms with Crippen LogP contribution in [0.1, 0.15) is 31.2 Å². The van der Waals surface area contributed by atoms with Gasteiger partial charge in [0, 0.05) is 28.6 Å². The predicted octanol–water partition coefficient (Wildman–Crippen LogP) is 2.60. The van der Waals surface area contributed by atoms with Crippen molar-refractivity contribution in [3.63, 3.8) is 0 Å². The number of hydrogen-bond donors (Lipinski definition) is 1. The molecule has 1 heterocycles. The molecule has 1 aromatic rings. The quantitative estimate of drug-likeness (QED) is 0.659. The monoisotopic (exact) mass is 347 g/mol. The van der Waals surface area contributed by atoms with Crippen molar-refractivity contribution in [2.45, 2.75) is 25.7 Å². The molecule has 1 aliphatic carbocycles. The van der Waals surface area contributed by atoms with Crippen LogP contribution in [0.25, 0.3) is 0 Å². The molecule has 1 N–H and O–H groups in total. The van der Waals surface area contributed by atoms with Crippen LogP contribution in [0.15, 0.2) is 35.5 Å². The van der Waals surface area contributed by atoms with Gasteiger partial charge >= 0.3 is 5.97 Å². The Hall–Kier alpha value is -2.14. The molecule has 2 aliphatic rings. The molecule has 5 nitrogen and oxygen atoms in total. The number of ketones is 1. The average molecular weight is 348 g/mol. The van der Waals surface area contributed by atoms with Gasteiger partial charge in [-0.1, -0.05) is 30.7 Å². The summed E-state index contributed by atoms with van der Waals surface area (Å²) in [6.07, 6.45) is 0.644. The van der Waals surface area contributed by atoms with E-state index < -0.39 is 11.9 Å². The van der Waals surface area contributed by atoms with Crippen molar-refractivity contribution in [3.05, 3.63) is 46.1 Å². The zero-order chi connectivity index (χ0) is 17.4. The second-order valence-electron chi connectivity index (χ2n) is 6.30. The van der Waals surface area contributed by atoms with Gasteiger partial charge in [-0.15, -0.1) is 0 Å². The lowest BCUT2D eigenvalue weighted by Crippen LogP contribution is -2.44. The Morgan fingerprint density at radius 2 is 1.88 bits per heavy atom. The molecule has 24 heavy (non-hydrogen) atoms. The van der Waals surface area contributed by atoms with Crippen LogP contribution in [0.2, 0.25) is 5.02 Å². The van der Waals surface area contributed by atoms with Gasteiger partial charge in [0.15, 0.2) is 5.78 Å². The van der Waals surface area contributed by atoms with Crippen molar-refractivity contribution in [3.8, 4) is 0 Å². The summed E-state index contributed by atoms with van der Waals surface area (Å²) < 4.78 is 4.80. The van der Waals surface area contributed by atoms with Gasteiger partial charge < -0.3 is 10.1 Å². The number of carbonyl (C=O) groups is 3. The molecule has 0 bridgehead atoms. The number of halogens is 1. The third-order valence-corrected chi connectivity index (χ3v) is 4.98. The number of amides is 1. The van der Waals surface area contributed by atoms with Crippen molar-refractivity contribution in [2.75, 3.05) is 7.11 Å². The Labute approximate surface area is 145 Å². The molecule has 0 spiro atoms. The van der Waals surface area contributed by atoms with Crippen LogP contribution in [0.3, 0.4) is 0 Å². The summed E-state index contributed by atoms with van der Waals surface area (Å²) in [5.74, 6) is -2.30. The third kappa shape index (κ3) is 2.84. The first-order valence-corrected chi connectivity index (χ1v) is 8.20. The number of allylic oxidation sites excluding steroid dienone is 2. The third-order valence-electron chi connectivity index (χ3n) is 4.72. The maximum atomic E-state index is 13.0. The van der Waals surface area contributed by atoms with E-state index >= 15 is 0 Å². The molecule has 1 aromatic carbocycles. The van der Waals surface area contributed by atoms with Crippen molar-refractivity contribution in [2.24, 2.45) is 11.8 Å². The molecule has 6 heteroatoms. The van der Waals surface area contributed by atoms with Crippen LogP contribution >= 0.6 is 11.6 Å². The largest absolute Gasteiger partial charge is 0.468 e. The summed E-state index contributed by atoms with van der Waals surface area (Å²) in [5.41, 5.74) is 1.99. The molecule has 0 saturated heterocycles. The number of Topliss-reactive ketones (excluding diaryl/α,β-unsaturated/α-hetero) is 1. The Morgan fingerprint density at radius 3 is 2.50 bits per heavy atom. The van der Waals surface area contributed by atoms with Crippen LogP contribution in [-0.2, 0) is 19.1 Å². The number of methoxy groups -OCH3 is 1. The minimum Gasteiger partial charge on any atom is -0.468 e. The van der Waals surface area contributed by atoms with Crippen LogP contribution in [0, 0.1) is 11.8 Å². The molecule has 0 radical (unpaired) electrons. The van der Waals surface area contributed by atoms with E-state index in [-0.39, 0.29) is 29.9 Å². The summed E-state index contributed by atoms with van der Waals surface area (Å²) in [6.45, 7) is 1.82. The fourth-order valence-electron chi connectivity index (χ4n) is 3.58. The summed E-state index contributed by atoms with van der Waals surface area (Å²) in [5, 5.41) is 3.40. The number of hydrogen-bond acceptors (Lipinski definition) is 4.